The van der Waals surface area contributed by atoms with Gasteiger partial charge in [-0.05, 0) is 42.3 Å². The number of pyridine rings is 1. The molecule has 0 unspecified atom stereocenters. The molecule has 3 nitrogen and oxygen atoms in total. The standard InChI is InChI=1S/C16H15F4N3/c1-9-2-13(22-14(21)3-9)11-4-10(5-12(17)15(11)18)6-23-7-16(19,20)8-23/h2-5H,6-8H2,1H3,(H2,21,22). The van der Waals surface area contributed by atoms with E-state index in [1.807, 2.05) is 0 Å². The van der Waals surface area contributed by atoms with Crippen molar-refractivity contribution in [2.45, 2.75) is 19.4 Å². The third-order valence-corrected chi connectivity index (χ3v) is 3.67. The van der Waals surface area contributed by atoms with E-state index in [9.17, 15) is 17.6 Å². The second kappa shape index (κ2) is 5.49. The van der Waals surface area contributed by atoms with Gasteiger partial charge in [0.15, 0.2) is 11.6 Å². The fraction of sp³-hybridized carbons (Fsp3) is 0.312. The van der Waals surface area contributed by atoms with Gasteiger partial charge in [0.2, 0.25) is 0 Å². The molecular weight excluding hydrogens is 310 g/mol. The van der Waals surface area contributed by atoms with Gasteiger partial charge in [0.05, 0.1) is 18.8 Å². The number of nitrogen functional groups attached to an aromatic ring is 1. The van der Waals surface area contributed by atoms with Crippen molar-refractivity contribution >= 4 is 5.82 Å². The minimum Gasteiger partial charge on any atom is -0.384 e. The summed E-state index contributed by atoms with van der Waals surface area (Å²) in [4.78, 5) is 5.49. The zero-order chi connectivity index (χ0) is 16.8. The molecular formula is C16H15F4N3. The molecule has 7 heteroatoms. The van der Waals surface area contributed by atoms with Gasteiger partial charge in [-0.15, -0.1) is 0 Å². The third-order valence-electron chi connectivity index (χ3n) is 3.67. The number of benzene rings is 1. The first-order valence-electron chi connectivity index (χ1n) is 7.06. The summed E-state index contributed by atoms with van der Waals surface area (Å²) < 4.78 is 53.7. The van der Waals surface area contributed by atoms with Crippen molar-refractivity contribution in [3.63, 3.8) is 0 Å². The van der Waals surface area contributed by atoms with E-state index in [1.165, 1.54) is 11.0 Å². The highest BCUT2D eigenvalue weighted by molar-refractivity contribution is 5.64. The molecule has 122 valence electrons. The molecule has 2 N–H and O–H groups in total. The Balaban J connectivity index is 1.94. The van der Waals surface area contributed by atoms with Gasteiger partial charge in [-0.1, -0.05) is 0 Å². The minimum atomic E-state index is -2.70. The maximum atomic E-state index is 14.1. The Kier molecular flexibility index (Phi) is 3.75. The number of hydrogen-bond acceptors (Lipinski definition) is 3. The van der Waals surface area contributed by atoms with Crippen LogP contribution in [-0.4, -0.2) is 28.9 Å². The van der Waals surface area contributed by atoms with Gasteiger partial charge in [-0.3, -0.25) is 4.90 Å². The lowest BCUT2D eigenvalue weighted by Crippen LogP contribution is -2.55. The van der Waals surface area contributed by atoms with Crippen molar-refractivity contribution in [3.05, 3.63) is 47.0 Å². The summed E-state index contributed by atoms with van der Waals surface area (Å²) in [5, 5.41) is 0. The van der Waals surface area contributed by atoms with Gasteiger partial charge in [0.1, 0.15) is 5.82 Å². The van der Waals surface area contributed by atoms with Crippen molar-refractivity contribution in [1.29, 1.82) is 0 Å². The number of anilines is 1. The Morgan fingerprint density at radius 2 is 1.87 bits per heavy atom. The van der Waals surface area contributed by atoms with Crippen LogP contribution in [0.3, 0.4) is 0 Å². The largest absolute Gasteiger partial charge is 0.384 e. The van der Waals surface area contributed by atoms with Gasteiger partial charge < -0.3 is 5.73 Å². The van der Waals surface area contributed by atoms with E-state index in [2.05, 4.69) is 4.98 Å². The maximum absolute atomic E-state index is 14.1. The van der Waals surface area contributed by atoms with Gasteiger partial charge in [0, 0.05) is 12.1 Å². The molecule has 1 fully saturated rings. The number of rotatable bonds is 3. The van der Waals surface area contributed by atoms with E-state index in [4.69, 9.17) is 5.73 Å². The van der Waals surface area contributed by atoms with Crippen LogP contribution in [0.2, 0.25) is 0 Å². The Hall–Kier alpha value is -2.15. The Morgan fingerprint density at radius 1 is 1.17 bits per heavy atom. The highest BCUT2D eigenvalue weighted by Gasteiger charge is 2.43. The highest BCUT2D eigenvalue weighted by Crippen LogP contribution is 2.31. The van der Waals surface area contributed by atoms with Crippen LogP contribution in [0.25, 0.3) is 11.3 Å². The number of nitrogens with zero attached hydrogens (tertiary/aromatic N) is 2. The monoisotopic (exact) mass is 325 g/mol. The zero-order valence-corrected chi connectivity index (χ0v) is 12.4. The molecule has 1 aromatic carbocycles. The van der Waals surface area contributed by atoms with Gasteiger partial charge in [-0.25, -0.2) is 22.5 Å². The Bertz CT molecular complexity index is 733. The summed E-state index contributed by atoms with van der Waals surface area (Å²) >= 11 is 0. The molecule has 0 spiro atoms. The molecule has 1 aromatic heterocycles. The molecule has 0 radical (unpaired) electrons. The van der Waals surface area contributed by atoms with E-state index in [1.54, 1.807) is 19.1 Å². The number of hydrogen-bond donors (Lipinski definition) is 1. The minimum absolute atomic E-state index is 0.0253. The molecule has 0 saturated carbocycles. The predicted octanol–water partition coefficient (Wildman–Crippen LogP) is 3.37. The summed E-state index contributed by atoms with van der Waals surface area (Å²) in [6, 6.07) is 5.66. The summed E-state index contributed by atoms with van der Waals surface area (Å²) in [7, 11) is 0. The fourth-order valence-electron chi connectivity index (χ4n) is 2.73. The van der Waals surface area contributed by atoms with Crippen molar-refractivity contribution in [2.24, 2.45) is 0 Å². The molecule has 0 aliphatic carbocycles. The second-order valence-corrected chi connectivity index (χ2v) is 5.89. The van der Waals surface area contributed by atoms with Crippen LogP contribution in [0.4, 0.5) is 23.4 Å². The van der Waals surface area contributed by atoms with Crippen LogP contribution >= 0.6 is 0 Å². The van der Waals surface area contributed by atoms with Gasteiger partial charge in [0.25, 0.3) is 5.92 Å². The van der Waals surface area contributed by atoms with Gasteiger partial charge >= 0.3 is 0 Å². The fourth-order valence-corrected chi connectivity index (χ4v) is 2.73. The van der Waals surface area contributed by atoms with Gasteiger partial charge in [-0.2, -0.15) is 0 Å². The van der Waals surface area contributed by atoms with Crippen molar-refractivity contribution in [2.75, 3.05) is 18.8 Å². The summed E-state index contributed by atoms with van der Waals surface area (Å²) in [5.41, 5.74) is 7.01. The van der Waals surface area contributed by atoms with Crippen LogP contribution in [0.5, 0.6) is 0 Å². The topological polar surface area (TPSA) is 42.1 Å². The number of alkyl halides is 2. The lowest BCUT2D eigenvalue weighted by atomic mass is 10.0. The first-order chi connectivity index (χ1) is 10.7. The molecule has 1 saturated heterocycles. The number of halogens is 4. The quantitative estimate of drug-likeness (QED) is 0.880. The lowest BCUT2D eigenvalue weighted by Gasteiger charge is -2.38. The number of aromatic nitrogens is 1. The Labute approximate surface area is 130 Å². The normalized spacial score (nSPS) is 17.1. The molecule has 2 heterocycles. The number of likely N-dealkylation sites (tertiary alicyclic amines) is 1. The van der Waals surface area contributed by atoms with Crippen molar-refractivity contribution in [3.8, 4) is 11.3 Å². The maximum Gasteiger partial charge on any atom is 0.272 e. The molecule has 3 rings (SSSR count). The Morgan fingerprint density at radius 3 is 2.48 bits per heavy atom. The predicted molar refractivity (Wildman–Crippen MR) is 79.0 cm³/mol. The molecule has 2 aromatic rings. The average Bonchev–Trinajstić information content (AvgIpc) is 2.39. The summed E-state index contributed by atoms with van der Waals surface area (Å²) in [6.07, 6.45) is 0. The average molecular weight is 325 g/mol. The molecule has 0 atom stereocenters. The first kappa shape index (κ1) is 15.7. The van der Waals surface area contributed by atoms with E-state index >= 15 is 0 Å². The lowest BCUT2D eigenvalue weighted by molar-refractivity contribution is -0.133. The molecule has 1 aliphatic heterocycles. The molecule has 1 aliphatic rings. The van der Waals surface area contributed by atoms with E-state index in [-0.39, 0.29) is 36.7 Å². The SMILES string of the molecule is Cc1cc(N)nc(-c2cc(CN3CC(F)(F)C3)cc(F)c2F)c1. The second-order valence-electron chi connectivity index (χ2n) is 5.89. The highest BCUT2D eigenvalue weighted by atomic mass is 19.3. The number of nitrogens with two attached hydrogens (primary N) is 1. The first-order valence-corrected chi connectivity index (χ1v) is 7.06. The van der Waals surface area contributed by atoms with E-state index in [0.29, 0.717) is 5.56 Å². The molecule has 23 heavy (non-hydrogen) atoms. The van der Waals surface area contributed by atoms with Crippen molar-refractivity contribution < 1.29 is 17.6 Å². The smallest absolute Gasteiger partial charge is 0.272 e. The van der Waals surface area contributed by atoms with Crippen molar-refractivity contribution in [1.82, 2.24) is 9.88 Å². The van der Waals surface area contributed by atoms with Crippen LogP contribution < -0.4 is 5.73 Å². The van der Waals surface area contributed by atoms with Crippen LogP contribution in [-0.2, 0) is 6.54 Å². The molecule has 0 bridgehead atoms. The summed E-state index contributed by atoms with van der Waals surface area (Å²) in [6.45, 7) is 1.14. The third kappa shape index (κ3) is 3.29. The number of aryl methyl sites for hydroxylation is 1. The summed E-state index contributed by atoms with van der Waals surface area (Å²) in [5.74, 6) is -4.56. The zero-order valence-electron chi connectivity index (χ0n) is 12.4. The van der Waals surface area contributed by atoms with Crippen LogP contribution in [0.15, 0.2) is 24.3 Å². The van der Waals surface area contributed by atoms with E-state index < -0.39 is 17.6 Å². The van der Waals surface area contributed by atoms with Crippen LogP contribution in [0, 0.1) is 18.6 Å². The van der Waals surface area contributed by atoms with E-state index in [0.717, 1.165) is 11.6 Å². The van der Waals surface area contributed by atoms with Crippen LogP contribution in [0.1, 0.15) is 11.1 Å². The molecule has 0 amide bonds.